The molecular weight excluding hydrogens is 370 g/mol. The number of carbonyl (C=O) groups excluding carboxylic acids is 1. The molecule has 0 bridgehead atoms. The summed E-state index contributed by atoms with van der Waals surface area (Å²) >= 11 is 1.45. The maximum Gasteiger partial charge on any atom is 0.230 e. The van der Waals surface area contributed by atoms with Crippen LogP contribution in [0.1, 0.15) is 30.9 Å². The van der Waals surface area contributed by atoms with E-state index in [2.05, 4.69) is 37.2 Å². The van der Waals surface area contributed by atoms with Gasteiger partial charge in [-0.2, -0.15) is 0 Å². The van der Waals surface area contributed by atoms with Crippen molar-refractivity contribution < 1.29 is 4.79 Å². The molecule has 144 valence electrons. The monoisotopic (exact) mass is 393 g/mol. The lowest BCUT2D eigenvalue weighted by Crippen LogP contribution is -2.26. The van der Waals surface area contributed by atoms with Crippen LogP contribution in [0.3, 0.4) is 0 Å². The summed E-state index contributed by atoms with van der Waals surface area (Å²) in [7, 11) is 0. The molecule has 1 aromatic carbocycles. The predicted molar refractivity (Wildman–Crippen MR) is 110 cm³/mol. The summed E-state index contributed by atoms with van der Waals surface area (Å²) < 4.78 is 2.16. The maximum absolute atomic E-state index is 12.2. The van der Waals surface area contributed by atoms with E-state index in [0.717, 1.165) is 42.2 Å². The summed E-state index contributed by atoms with van der Waals surface area (Å²) in [5, 5.41) is 12.5. The second-order valence-corrected chi connectivity index (χ2v) is 7.82. The van der Waals surface area contributed by atoms with Gasteiger partial charge in [-0.3, -0.25) is 14.3 Å². The third-order valence-electron chi connectivity index (χ3n) is 4.64. The summed E-state index contributed by atoms with van der Waals surface area (Å²) in [5.74, 6) is 1.22. The number of hydrogen-bond acceptors (Lipinski definition) is 5. The lowest BCUT2D eigenvalue weighted by molar-refractivity contribution is -0.118. The van der Waals surface area contributed by atoms with Gasteiger partial charge in [0.2, 0.25) is 5.91 Å². The van der Waals surface area contributed by atoms with Gasteiger partial charge >= 0.3 is 0 Å². The molecule has 0 aliphatic heterocycles. The van der Waals surface area contributed by atoms with Gasteiger partial charge in [-0.15, -0.1) is 10.2 Å². The van der Waals surface area contributed by atoms with Crippen LogP contribution in [0, 0.1) is 0 Å². The highest BCUT2D eigenvalue weighted by Gasteiger charge is 2.30. The van der Waals surface area contributed by atoms with Crippen molar-refractivity contribution in [3.8, 4) is 11.4 Å². The fraction of sp³-hybridized carbons (Fsp3) is 0.333. The van der Waals surface area contributed by atoms with Gasteiger partial charge < -0.3 is 5.32 Å². The van der Waals surface area contributed by atoms with Crippen molar-refractivity contribution in [2.75, 3.05) is 12.3 Å². The molecule has 0 atom stereocenters. The average Bonchev–Trinajstić information content (AvgIpc) is 3.50. The van der Waals surface area contributed by atoms with Crippen molar-refractivity contribution in [2.45, 2.75) is 36.9 Å². The van der Waals surface area contributed by atoms with Gasteiger partial charge in [0.05, 0.1) is 5.75 Å². The highest BCUT2D eigenvalue weighted by Crippen LogP contribution is 2.40. The normalized spacial score (nSPS) is 13.4. The zero-order valence-electron chi connectivity index (χ0n) is 15.6. The molecule has 1 saturated carbocycles. The molecular formula is C21H23N5OS. The second-order valence-electron chi connectivity index (χ2n) is 6.88. The summed E-state index contributed by atoms with van der Waals surface area (Å²) in [6.45, 7) is 0.685. The quantitative estimate of drug-likeness (QED) is 0.445. The molecule has 0 unspecified atom stereocenters. The highest BCUT2D eigenvalue weighted by atomic mass is 32.2. The molecule has 28 heavy (non-hydrogen) atoms. The Labute approximate surface area is 168 Å². The first kappa shape index (κ1) is 18.7. The van der Waals surface area contributed by atoms with E-state index in [1.165, 1.54) is 17.3 Å². The van der Waals surface area contributed by atoms with Crippen LogP contribution in [0.15, 0.2) is 60.0 Å². The molecule has 1 N–H and O–H groups in total. The van der Waals surface area contributed by atoms with Gasteiger partial charge in [0.25, 0.3) is 0 Å². The maximum atomic E-state index is 12.2. The van der Waals surface area contributed by atoms with E-state index >= 15 is 0 Å². The Balaban J connectivity index is 1.29. The number of pyridine rings is 1. The number of aryl methyl sites for hydroxylation is 1. The van der Waals surface area contributed by atoms with E-state index in [1.54, 1.807) is 12.4 Å². The summed E-state index contributed by atoms with van der Waals surface area (Å²) in [4.78, 5) is 16.4. The molecule has 1 aliphatic carbocycles. The van der Waals surface area contributed by atoms with Crippen molar-refractivity contribution in [1.29, 1.82) is 0 Å². The highest BCUT2D eigenvalue weighted by molar-refractivity contribution is 7.99. The first-order valence-corrected chi connectivity index (χ1v) is 10.6. The second kappa shape index (κ2) is 9.01. The Morgan fingerprint density at radius 1 is 1.14 bits per heavy atom. The van der Waals surface area contributed by atoms with E-state index < -0.39 is 0 Å². The van der Waals surface area contributed by atoms with Crippen LogP contribution in [0.25, 0.3) is 11.4 Å². The third-order valence-corrected chi connectivity index (χ3v) is 5.58. The fourth-order valence-corrected chi connectivity index (χ4v) is 3.91. The van der Waals surface area contributed by atoms with E-state index in [-0.39, 0.29) is 5.91 Å². The van der Waals surface area contributed by atoms with Gasteiger partial charge in [-0.1, -0.05) is 42.1 Å². The molecule has 6 nitrogen and oxygen atoms in total. The Morgan fingerprint density at radius 3 is 2.75 bits per heavy atom. The Hall–Kier alpha value is -2.67. The molecule has 0 spiro atoms. The van der Waals surface area contributed by atoms with Crippen molar-refractivity contribution in [1.82, 2.24) is 25.1 Å². The molecule has 0 radical (unpaired) electrons. The van der Waals surface area contributed by atoms with Crippen LogP contribution < -0.4 is 5.32 Å². The van der Waals surface area contributed by atoms with Gasteiger partial charge in [0.15, 0.2) is 11.0 Å². The van der Waals surface area contributed by atoms with E-state index in [9.17, 15) is 4.79 Å². The average molecular weight is 394 g/mol. The zero-order valence-corrected chi connectivity index (χ0v) is 16.4. The first-order valence-electron chi connectivity index (χ1n) is 9.60. The number of benzene rings is 1. The number of carbonyl (C=O) groups is 1. The Morgan fingerprint density at radius 2 is 2.00 bits per heavy atom. The molecule has 1 aliphatic rings. The molecule has 7 heteroatoms. The van der Waals surface area contributed by atoms with Crippen LogP contribution in [0.2, 0.25) is 0 Å². The number of rotatable bonds is 9. The molecule has 0 saturated heterocycles. The molecule has 1 fully saturated rings. The minimum Gasteiger partial charge on any atom is -0.355 e. The zero-order chi connectivity index (χ0) is 19.2. The largest absolute Gasteiger partial charge is 0.355 e. The Kier molecular flexibility index (Phi) is 6.01. The standard InChI is InChI=1S/C21H23N5OS/c27-19(23-13-4-8-16-6-2-1-3-7-16)15-28-21-25-24-20(26(21)18-10-11-18)17-9-5-12-22-14-17/h1-3,5-7,9,12,14,18H,4,8,10-11,13,15H2,(H,23,27). The van der Waals surface area contributed by atoms with Crippen LogP contribution >= 0.6 is 11.8 Å². The number of aromatic nitrogens is 4. The van der Waals surface area contributed by atoms with Crippen molar-refractivity contribution in [2.24, 2.45) is 0 Å². The lowest BCUT2D eigenvalue weighted by atomic mass is 10.1. The molecule has 2 aromatic heterocycles. The molecule has 2 heterocycles. The molecule has 4 rings (SSSR count). The van der Waals surface area contributed by atoms with Crippen molar-refractivity contribution >= 4 is 17.7 Å². The smallest absolute Gasteiger partial charge is 0.230 e. The van der Waals surface area contributed by atoms with E-state index in [0.29, 0.717) is 18.3 Å². The third kappa shape index (κ3) is 4.78. The SMILES string of the molecule is O=C(CSc1nnc(-c2cccnc2)n1C1CC1)NCCCc1ccccc1. The number of nitrogens with one attached hydrogen (secondary N) is 1. The van der Waals surface area contributed by atoms with Crippen LogP contribution in [0.5, 0.6) is 0 Å². The van der Waals surface area contributed by atoms with Gasteiger partial charge in [-0.25, -0.2) is 0 Å². The van der Waals surface area contributed by atoms with Crippen molar-refractivity contribution in [3.63, 3.8) is 0 Å². The number of hydrogen-bond donors (Lipinski definition) is 1. The lowest BCUT2D eigenvalue weighted by Gasteiger charge is -2.09. The van der Waals surface area contributed by atoms with Gasteiger partial charge in [0.1, 0.15) is 0 Å². The molecule has 3 aromatic rings. The fourth-order valence-electron chi connectivity index (χ4n) is 3.08. The molecule has 1 amide bonds. The van der Waals surface area contributed by atoms with Gasteiger partial charge in [-0.05, 0) is 43.4 Å². The number of nitrogens with zero attached hydrogens (tertiary/aromatic N) is 4. The number of thioether (sulfide) groups is 1. The van der Waals surface area contributed by atoms with E-state index in [1.807, 2.05) is 30.3 Å². The summed E-state index contributed by atoms with van der Waals surface area (Å²) in [6, 6.07) is 14.6. The van der Waals surface area contributed by atoms with Crippen LogP contribution in [-0.2, 0) is 11.2 Å². The predicted octanol–water partition coefficient (Wildman–Crippen LogP) is 3.52. The van der Waals surface area contributed by atoms with Gasteiger partial charge in [0, 0.05) is 30.5 Å². The van der Waals surface area contributed by atoms with Crippen molar-refractivity contribution in [3.05, 3.63) is 60.4 Å². The first-order chi connectivity index (χ1) is 13.8. The van der Waals surface area contributed by atoms with Crippen LogP contribution in [0.4, 0.5) is 0 Å². The minimum absolute atomic E-state index is 0.0336. The summed E-state index contributed by atoms with van der Waals surface area (Å²) in [6.07, 6.45) is 7.72. The van der Waals surface area contributed by atoms with E-state index in [4.69, 9.17) is 0 Å². The summed E-state index contributed by atoms with van der Waals surface area (Å²) in [5.41, 5.74) is 2.26. The minimum atomic E-state index is 0.0336. The van der Waals surface area contributed by atoms with Crippen LogP contribution in [-0.4, -0.2) is 38.0 Å². The topological polar surface area (TPSA) is 72.7 Å². The Bertz CT molecular complexity index is 909. The number of amides is 1.